The van der Waals surface area contributed by atoms with Gasteiger partial charge in [-0.3, -0.25) is 9.88 Å². The van der Waals surface area contributed by atoms with E-state index in [2.05, 4.69) is 38.8 Å². The van der Waals surface area contributed by atoms with Gasteiger partial charge >= 0.3 is 6.09 Å². The molecule has 2 rings (SSSR count). The van der Waals surface area contributed by atoms with Gasteiger partial charge < -0.3 is 14.3 Å². The molecule has 0 aliphatic carbocycles. The highest BCUT2D eigenvalue weighted by Gasteiger charge is 2.49. The predicted molar refractivity (Wildman–Crippen MR) is 113 cm³/mol. The van der Waals surface area contributed by atoms with E-state index in [1.807, 2.05) is 32.9 Å². The Morgan fingerprint density at radius 3 is 2.43 bits per heavy atom. The molecule has 1 saturated heterocycles. The molecule has 0 unspecified atom stereocenters. The van der Waals surface area contributed by atoms with Crippen LogP contribution in [0.15, 0.2) is 24.5 Å². The zero-order valence-electron chi connectivity index (χ0n) is 18.5. The number of carbonyl (C=O) groups is 1. The standard InChI is InChI=1S/C21H36N2O4Si/c1-20(2,3)26-19(25)23-14-17(27-28(7,8)21(4,5)6)18(24)16(23)12-15-10-9-11-22-13-15/h9-11,13,16-18,24H,12,14H2,1-8H3/t16-,17+,18+/m1/s1. The Bertz CT molecular complexity index is 667. The third-order valence-electron chi connectivity index (χ3n) is 5.60. The number of pyridine rings is 1. The summed E-state index contributed by atoms with van der Waals surface area (Å²) >= 11 is 0. The van der Waals surface area contributed by atoms with E-state index in [1.54, 1.807) is 17.3 Å². The minimum atomic E-state index is -2.10. The van der Waals surface area contributed by atoms with E-state index in [-0.39, 0.29) is 5.04 Å². The van der Waals surface area contributed by atoms with Crippen LogP contribution in [0.5, 0.6) is 0 Å². The highest BCUT2D eigenvalue weighted by molar-refractivity contribution is 6.74. The highest BCUT2D eigenvalue weighted by Crippen LogP contribution is 2.39. The SMILES string of the molecule is CC(C)(C)OC(=O)N1C[C@H](O[Si](C)(C)C(C)(C)C)[C@@H](O)[C@H]1Cc1cccnc1. The maximum Gasteiger partial charge on any atom is 0.410 e. The van der Waals surface area contributed by atoms with Crippen LogP contribution in [0, 0.1) is 0 Å². The maximum atomic E-state index is 12.8. The quantitative estimate of drug-likeness (QED) is 0.763. The zero-order valence-corrected chi connectivity index (χ0v) is 19.5. The Morgan fingerprint density at radius 1 is 1.29 bits per heavy atom. The Morgan fingerprint density at radius 2 is 1.93 bits per heavy atom. The molecule has 1 fully saturated rings. The molecule has 1 aromatic rings. The van der Waals surface area contributed by atoms with Crippen LogP contribution in [-0.4, -0.2) is 59.8 Å². The van der Waals surface area contributed by atoms with Gasteiger partial charge in [-0.25, -0.2) is 4.79 Å². The molecule has 3 atom stereocenters. The van der Waals surface area contributed by atoms with Crippen LogP contribution in [0.1, 0.15) is 47.1 Å². The van der Waals surface area contributed by atoms with Gasteiger partial charge in [0.05, 0.1) is 18.7 Å². The molecular weight excluding hydrogens is 372 g/mol. The van der Waals surface area contributed by atoms with Crippen molar-refractivity contribution in [3.05, 3.63) is 30.1 Å². The van der Waals surface area contributed by atoms with Crippen LogP contribution >= 0.6 is 0 Å². The van der Waals surface area contributed by atoms with Gasteiger partial charge in [0.25, 0.3) is 0 Å². The molecule has 0 bridgehead atoms. The van der Waals surface area contributed by atoms with Crippen molar-refractivity contribution in [3.8, 4) is 0 Å². The number of carbonyl (C=O) groups excluding carboxylic acids is 1. The van der Waals surface area contributed by atoms with E-state index < -0.39 is 38.3 Å². The van der Waals surface area contributed by atoms with E-state index in [4.69, 9.17) is 9.16 Å². The molecule has 1 aliphatic heterocycles. The van der Waals surface area contributed by atoms with Crippen LogP contribution in [0.4, 0.5) is 4.79 Å². The first-order chi connectivity index (χ1) is 12.7. The predicted octanol–water partition coefficient (Wildman–Crippen LogP) is 3.99. The smallest absolute Gasteiger partial charge is 0.410 e. The molecule has 6 nitrogen and oxygen atoms in total. The summed E-state index contributed by atoms with van der Waals surface area (Å²) in [6, 6.07) is 3.40. The second-order valence-electron chi connectivity index (χ2n) is 10.2. The first kappa shape index (κ1) is 22.8. The summed E-state index contributed by atoms with van der Waals surface area (Å²) in [5.74, 6) is 0. The van der Waals surface area contributed by atoms with Crippen molar-refractivity contribution in [2.24, 2.45) is 0 Å². The Hall–Kier alpha value is -1.44. The molecule has 0 radical (unpaired) electrons. The lowest BCUT2D eigenvalue weighted by Crippen LogP contribution is -2.47. The van der Waals surface area contributed by atoms with Crippen molar-refractivity contribution in [1.29, 1.82) is 0 Å². The average Bonchev–Trinajstić information content (AvgIpc) is 2.82. The van der Waals surface area contributed by atoms with Crippen LogP contribution in [0.3, 0.4) is 0 Å². The Labute approximate surface area is 170 Å². The molecule has 28 heavy (non-hydrogen) atoms. The molecule has 0 aromatic carbocycles. The number of ether oxygens (including phenoxy) is 1. The van der Waals surface area contributed by atoms with E-state index in [9.17, 15) is 9.90 Å². The summed E-state index contributed by atoms with van der Waals surface area (Å²) in [6.45, 7) is 16.7. The Balaban J connectivity index is 2.26. The average molecular weight is 409 g/mol. The largest absolute Gasteiger partial charge is 0.444 e. The van der Waals surface area contributed by atoms with Gasteiger partial charge in [-0.1, -0.05) is 26.8 Å². The van der Waals surface area contributed by atoms with Crippen LogP contribution < -0.4 is 0 Å². The summed E-state index contributed by atoms with van der Waals surface area (Å²) in [5, 5.41) is 11.1. The lowest BCUT2D eigenvalue weighted by Gasteiger charge is -2.39. The van der Waals surface area contributed by atoms with E-state index in [0.717, 1.165) is 5.56 Å². The van der Waals surface area contributed by atoms with Crippen molar-refractivity contribution in [2.45, 2.75) is 89.9 Å². The molecule has 1 aromatic heterocycles. The van der Waals surface area contributed by atoms with Gasteiger partial charge in [-0.15, -0.1) is 0 Å². The molecule has 2 heterocycles. The number of hydrogen-bond donors (Lipinski definition) is 1. The summed E-state index contributed by atoms with van der Waals surface area (Å²) in [4.78, 5) is 18.6. The van der Waals surface area contributed by atoms with Crippen molar-refractivity contribution in [3.63, 3.8) is 0 Å². The van der Waals surface area contributed by atoms with E-state index in [0.29, 0.717) is 13.0 Å². The summed E-state index contributed by atoms with van der Waals surface area (Å²) in [6.07, 6.45) is 2.37. The van der Waals surface area contributed by atoms with Gasteiger partial charge in [-0.05, 0) is 57.0 Å². The summed E-state index contributed by atoms with van der Waals surface area (Å²) in [5.41, 5.74) is 0.368. The lowest BCUT2D eigenvalue weighted by atomic mass is 10.0. The maximum absolute atomic E-state index is 12.8. The van der Waals surface area contributed by atoms with Gasteiger partial charge in [0.15, 0.2) is 8.32 Å². The molecule has 0 spiro atoms. The van der Waals surface area contributed by atoms with Crippen LogP contribution in [0.2, 0.25) is 18.1 Å². The number of hydrogen-bond acceptors (Lipinski definition) is 5. The van der Waals surface area contributed by atoms with Gasteiger partial charge in [-0.2, -0.15) is 0 Å². The minimum absolute atomic E-state index is 0.0188. The number of aliphatic hydroxyl groups excluding tert-OH is 1. The van der Waals surface area contributed by atoms with E-state index >= 15 is 0 Å². The zero-order chi connectivity index (χ0) is 21.3. The van der Waals surface area contributed by atoms with Gasteiger partial charge in [0.1, 0.15) is 11.7 Å². The highest BCUT2D eigenvalue weighted by atomic mass is 28.4. The third kappa shape index (κ3) is 5.55. The van der Waals surface area contributed by atoms with Gasteiger partial charge in [0.2, 0.25) is 0 Å². The third-order valence-corrected chi connectivity index (χ3v) is 10.1. The number of rotatable bonds is 4. The first-order valence-electron chi connectivity index (χ1n) is 9.96. The monoisotopic (exact) mass is 408 g/mol. The molecule has 1 amide bonds. The number of nitrogens with zero attached hydrogens (tertiary/aromatic N) is 2. The number of likely N-dealkylation sites (tertiary alicyclic amines) is 1. The molecular formula is C21H36N2O4Si. The molecule has 1 N–H and O–H groups in total. The topological polar surface area (TPSA) is 71.9 Å². The minimum Gasteiger partial charge on any atom is -0.444 e. The molecule has 158 valence electrons. The van der Waals surface area contributed by atoms with Crippen molar-refractivity contribution in [1.82, 2.24) is 9.88 Å². The summed E-state index contributed by atoms with van der Waals surface area (Å²) in [7, 11) is -2.10. The second kappa shape index (κ2) is 8.12. The normalized spacial score (nSPS) is 23.8. The Kier molecular flexibility index (Phi) is 6.63. The molecule has 0 saturated carbocycles. The number of amides is 1. The van der Waals surface area contributed by atoms with E-state index in [1.165, 1.54) is 0 Å². The number of aromatic nitrogens is 1. The fourth-order valence-electron chi connectivity index (χ4n) is 3.05. The second-order valence-corrected chi connectivity index (χ2v) is 14.9. The van der Waals surface area contributed by atoms with Crippen LogP contribution in [0.25, 0.3) is 0 Å². The van der Waals surface area contributed by atoms with Crippen LogP contribution in [-0.2, 0) is 15.6 Å². The molecule has 7 heteroatoms. The first-order valence-corrected chi connectivity index (χ1v) is 12.9. The number of aliphatic hydroxyl groups is 1. The fraction of sp³-hybridized carbons (Fsp3) is 0.714. The van der Waals surface area contributed by atoms with Gasteiger partial charge in [0, 0.05) is 12.4 Å². The lowest BCUT2D eigenvalue weighted by molar-refractivity contribution is 0.0143. The van der Waals surface area contributed by atoms with Crippen molar-refractivity contribution in [2.75, 3.05) is 6.54 Å². The van der Waals surface area contributed by atoms with Crippen molar-refractivity contribution >= 4 is 14.4 Å². The fourth-order valence-corrected chi connectivity index (χ4v) is 4.38. The molecule has 1 aliphatic rings. The van der Waals surface area contributed by atoms with Crippen molar-refractivity contribution < 1.29 is 19.1 Å². The summed E-state index contributed by atoms with van der Waals surface area (Å²) < 4.78 is 12.1.